The van der Waals surface area contributed by atoms with Gasteiger partial charge in [-0.25, -0.2) is 0 Å². The molecular weight excluding hydrogens is 182 g/mol. The molecule has 0 atom stereocenters. The van der Waals surface area contributed by atoms with Crippen LogP contribution in [0.1, 0.15) is 27.2 Å². The average molecular weight is 201 g/mol. The molecule has 0 aromatic heterocycles. The van der Waals surface area contributed by atoms with Crippen LogP contribution in [-0.2, 0) is 9.59 Å². The van der Waals surface area contributed by atoms with Gasteiger partial charge in [-0.3, -0.25) is 9.59 Å². The van der Waals surface area contributed by atoms with Crippen LogP contribution in [0.25, 0.3) is 0 Å². The van der Waals surface area contributed by atoms with Crippen molar-refractivity contribution in [3.05, 3.63) is 0 Å². The van der Waals surface area contributed by atoms with Gasteiger partial charge in [-0.2, -0.15) is 0 Å². The average Bonchev–Trinajstić information content (AvgIpc) is 1.94. The van der Waals surface area contributed by atoms with E-state index in [4.69, 9.17) is 5.73 Å². The Labute approximate surface area is 84.4 Å². The molecule has 82 valence electrons. The van der Waals surface area contributed by atoms with E-state index in [1.54, 1.807) is 0 Å². The smallest absolute Gasteiger partial charge is 0.234 e. The minimum absolute atomic E-state index is 0.0815. The predicted molar refractivity (Wildman–Crippen MR) is 54.6 cm³/mol. The second kappa shape index (κ2) is 5.59. The molecule has 0 bridgehead atoms. The summed E-state index contributed by atoms with van der Waals surface area (Å²) in [6.07, 6.45) is 0.253. The van der Waals surface area contributed by atoms with Crippen LogP contribution < -0.4 is 16.4 Å². The van der Waals surface area contributed by atoms with Gasteiger partial charge in [0.25, 0.3) is 0 Å². The first-order valence-electron chi connectivity index (χ1n) is 4.61. The van der Waals surface area contributed by atoms with Crippen LogP contribution in [-0.4, -0.2) is 30.4 Å². The highest BCUT2D eigenvalue weighted by molar-refractivity contribution is 5.79. The summed E-state index contributed by atoms with van der Waals surface area (Å²) in [5, 5.41) is 5.62. The monoisotopic (exact) mass is 201 g/mol. The summed E-state index contributed by atoms with van der Waals surface area (Å²) in [4.78, 5) is 21.6. The maximum Gasteiger partial charge on any atom is 0.234 e. The second-order valence-corrected chi connectivity index (χ2v) is 4.19. The summed E-state index contributed by atoms with van der Waals surface area (Å²) in [7, 11) is 0. The van der Waals surface area contributed by atoms with Crippen molar-refractivity contribution >= 4 is 11.8 Å². The fraction of sp³-hybridized carbons (Fsp3) is 0.778. The summed E-state index contributed by atoms with van der Waals surface area (Å²) in [5.41, 5.74) is 4.71. The molecule has 2 amide bonds. The van der Waals surface area contributed by atoms with E-state index in [2.05, 4.69) is 10.6 Å². The van der Waals surface area contributed by atoms with Gasteiger partial charge in [0.05, 0.1) is 6.54 Å². The first-order valence-corrected chi connectivity index (χ1v) is 4.61. The summed E-state index contributed by atoms with van der Waals surface area (Å²) >= 11 is 0. The lowest BCUT2D eigenvalue weighted by atomic mass is 10.1. The highest BCUT2D eigenvalue weighted by atomic mass is 16.2. The zero-order valence-corrected chi connectivity index (χ0v) is 9.02. The Morgan fingerprint density at radius 2 is 1.86 bits per heavy atom. The van der Waals surface area contributed by atoms with Crippen molar-refractivity contribution in [3.63, 3.8) is 0 Å². The van der Waals surface area contributed by atoms with E-state index in [0.717, 1.165) is 0 Å². The highest BCUT2D eigenvalue weighted by Crippen LogP contribution is 1.96. The fourth-order valence-electron chi connectivity index (χ4n) is 0.876. The number of nitrogens with two attached hydrogens (primary N) is 1. The Bertz CT molecular complexity index is 209. The second-order valence-electron chi connectivity index (χ2n) is 4.19. The molecule has 5 heteroatoms. The Morgan fingerprint density at radius 1 is 1.29 bits per heavy atom. The van der Waals surface area contributed by atoms with E-state index in [-0.39, 0.29) is 30.3 Å². The molecule has 0 radical (unpaired) electrons. The van der Waals surface area contributed by atoms with Gasteiger partial charge in [0.1, 0.15) is 0 Å². The van der Waals surface area contributed by atoms with Gasteiger partial charge in [-0.05, 0) is 20.8 Å². The van der Waals surface area contributed by atoms with Gasteiger partial charge in [0.2, 0.25) is 11.8 Å². The van der Waals surface area contributed by atoms with Gasteiger partial charge in [0.15, 0.2) is 0 Å². The molecule has 0 fully saturated rings. The molecule has 0 aromatic carbocycles. The van der Waals surface area contributed by atoms with Gasteiger partial charge in [-0.1, -0.05) is 0 Å². The number of nitrogens with one attached hydrogen (secondary N) is 2. The third-order valence-electron chi connectivity index (χ3n) is 1.35. The lowest BCUT2D eigenvalue weighted by Crippen LogP contribution is -2.45. The van der Waals surface area contributed by atoms with E-state index in [1.807, 2.05) is 20.8 Å². The molecule has 0 aromatic rings. The van der Waals surface area contributed by atoms with E-state index in [0.29, 0.717) is 6.54 Å². The Morgan fingerprint density at radius 3 is 2.29 bits per heavy atom. The first-order chi connectivity index (χ1) is 6.31. The van der Waals surface area contributed by atoms with E-state index < -0.39 is 0 Å². The molecule has 0 rings (SSSR count). The number of hydrogen-bond acceptors (Lipinski definition) is 3. The lowest BCUT2D eigenvalue weighted by molar-refractivity contribution is -0.122. The Hall–Kier alpha value is -1.10. The molecule has 0 unspecified atom stereocenters. The van der Waals surface area contributed by atoms with Crippen molar-refractivity contribution in [3.8, 4) is 0 Å². The number of carbonyl (C=O) groups excluding carboxylic acids is 2. The predicted octanol–water partition coefficient (Wildman–Crippen LogP) is -0.634. The molecular formula is C9H19N3O2. The van der Waals surface area contributed by atoms with Gasteiger partial charge in [-0.15, -0.1) is 0 Å². The molecule has 0 saturated carbocycles. The zero-order chi connectivity index (χ0) is 11.2. The third-order valence-corrected chi connectivity index (χ3v) is 1.35. The number of carbonyl (C=O) groups is 2. The van der Waals surface area contributed by atoms with Crippen LogP contribution in [0.2, 0.25) is 0 Å². The number of amides is 2. The van der Waals surface area contributed by atoms with Crippen LogP contribution in [0, 0.1) is 0 Å². The minimum atomic E-state index is -0.367. The molecule has 0 heterocycles. The van der Waals surface area contributed by atoms with Crippen molar-refractivity contribution in [1.29, 1.82) is 0 Å². The first kappa shape index (κ1) is 12.9. The Balaban J connectivity index is 3.50. The van der Waals surface area contributed by atoms with Crippen LogP contribution in [0.15, 0.2) is 0 Å². The molecule has 0 aliphatic carbocycles. The van der Waals surface area contributed by atoms with Crippen molar-refractivity contribution in [2.45, 2.75) is 32.7 Å². The summed E-state index contributed by atoms with van der Waals surface area (Å²) < 4.78 is 0. The van der Waals surface area contributed by atoms with Crippen LogP contribution in [0.5, 0.6) is 0 Å². The molecule has 4 N–H and O–H groups in total. The normalized spacial score (nSPS) is 11.1. The van der Waals surface area contributed by atoms with E-state index in [9.17, 15) is 9.59 Å². The van der Waals surface area contributed by atoms with Gasteiger partial charge in [0, 0.05) is 18.5 Å². The highest BCUT2D eigenvalue weighted by Gasteiger charge is 2.12. The lowest BCUT2D eigenvalue weighted by Gasteiger charge is -2.20. The number of hydrogen-bond donors (Lipinski definition) is 3. The quantitative estimate of drug-likeness (QED) is 0.518. The standard InChI is InChI=1S/C9H19N3O2/c1-9(2,3)12-8(14)6-11-5-4-7(10)13/h11H,4-6H2,1-3H3,(H2,10,13)(H,12,14). The van der Waals surface area contributed by atoms with E-state index in [1.165, 1.54) is 0 Å². The molecule has 0 saturated heterocycles. The van der Waals surface area contributed by atoms with Gasteiger partial charge < -0.3 is 16.4 Å². The molecule has 14 heavy (non-hydrogen) atoms. The number of primary amides is 1. The van der Waals surface area contributed by atoms with E-state index >= 15 is 0 Å². The van der Waals surface area contributed by atoms with Crippen LogP contribution in [0.3, 0.4) is 0 Å². The summed E-state index contributed by atoms with van der Waals surface area (Å²) in [6, 6.07) is 0. The van der Waals surface area contributed by atoms with Crippen LogP contribution in [0.4, 0.5) is 0 Å². The third kappa shape index (κ3) is 8.99. The maximum atomic E-state index is 11.2. The van der Waals surface area contributed by atoms with Crippen molar-refractivity contribution in [1.82, 2.24) is 10.6 Å². The van der Waals surface area contributed by atoms with Crippen molar-refractivity contribution in [2.24, 2.45) is 5.73 Å². The molecule has 0 spiro atoms. The maximum absolute atomic E-state index is 11.2. The zero-order valence-electron chi connectivity index (χ0n) is 9.02. The number of rotatable bonds is 5. The van der Waals surface area contributed by atoms with Crippen molar-refractivity contribution in [2.75, 3.05) is 13.1 Å². The largest absolute Gasteiger partial charge is 0.370 e. The fourth-order valence-corrected chi connectivity index (χ4v) is 0.876. The molecule has 0 aliphatic heterocycles. The van der Waals surface area contributed by atoms with Gasteiger partial charge >= 0.3 is 0 Å². The summed E-state index contributed by atoms with van der Waals surface area (Å²) in [6.45, 7) is 6.38. The van der Waals surface area contributed by atoms with Crippen molar-refractivity contribution < 1.29 is 9.59 Å². The summed E-state index contributed by atoms with van der Waals surface area (Å²) in [5.74, 6) is -0.448. The molecule has 0 aliphatic rings. The Kier molecular flexibility index (Phi) is 5.15. The topological polar surface area (TPSA) is 84.2 Å². The minimum Gasteiger partial charge on any atom is -0.370 e. The van der Waals surface area contributed by atoms with Crippen LogP contribution >= 0.6 is 0 Å². The molecule has 5 nitrogen and oxygen atoms in total. The SMILES string of the molecule is CC(C)(C)NC(=O)CNCCC(N)=O.